The lowest BCUT2D eigenvalue weighted by Crippen LogP contribution is -2.30. The van der Waals surface area contributed by atoms with Crippen LogP contribution in [0.3, 0.4) is 0 Å². The van der Waals surface area contributed by atoms with Crippen LogP contribution in [0.25, 0.3) is 0 Å². The second kappa shape index (κ2) is 7.29. The number of amides is 2. The third-order valence-electron chi connectivity index (χ3n) is 2.26. The lowest BCUT2D eigenvalue weighted by atomic mass is 10.2. The predicted octanol–water partition coefficient (Wildman–Crippen LogP) is 1.18. The number of benzene rings is 1. The Labute approximate surface area is 105 Å². The summed E-state index contributed by atoms with van der Waals surface area (Å²) in [6, 6.07) is 6.11. The number of hydrogen-bond donors (Lipinski definition) is 3. The van der Waals surface area contributed by atoms with E-state index in [4.69, 9.17) is 10.6 Å². The van der Waals surface area contributed by atoms with E-state index in [1.54, 1.807) is 0 Å². The quantitative estimate of drug-likeness (QED) is 0.317. The molecule has 0 fully saturated rings. The largest absolute Gasteiger partial charge is 0.412 e. The molecule has 0 bridgehead atoms. The van der Waals surface area contributed by atoms with Crippen molar-refractivity contribution in [2.24, 2.45) is 5.84 Å². The Bertz CT molecular complexity index is 404. The van der Waals surface area contributed by atoms with Crippen molar-refractivity contribution in [3.63, 3.8) is 0 Å². The summed E-state index contributed by atoms with van der Waals surface area (Å²) in [7, 11) is 0. The molecule has 98 valence electrons. The molecule has 0 heterocycles. The summed E-state index contributed by atoms with van der Waals surface area (Å²) >= 11 is 0. The van der Waals surface area contributed by atoms with Gasteiger partial charge in [-0.25, -0.2) is 10.6 Å². The minimum Gasteiger partial charge on any atom is -0.410 e. The fourth-order valence-corrected chi connectivity index (χ4v) is 1.27. The molecule has 2 amide bonds. The van der Waals surface area contributed by atoms with Gasteiger partial charge in [0, 0.05) is 12.1 Å². The normalized spacial score (nSPS) is 9.67. The Balaban J connectivity index is 2.48. The maximum Gasteiger partial charge on any atom is 0.412 e. The molecule has 0 radical (unpaired) electrons. The third kappa shape index (κ3) is 4.42. The predicted molar refractivity (Wildman–Crippen MR) is 67.0 cm³/mol. The number of hydrazine groups is 1. The molecule has 0 spiro atoms. The highest BCUT2D eigenvalue weighted by molar-refractivity contribution is 5.93. The van der Waals surface area contributed by atoms with E-state index in [0.717, 1.165) is 12.8 Å². The van der Waals surface area contributed by atoms with Crippen molar-refractivity contribution >= 4 is 12.0 Å². The molecule has 0 aliphatic rings. The van der Waals surface area contributed by atoms with Gasteiger partial charge in [-0.3, -0.25) is 10.2 Å². The minimum atomic E-state index is -0.500. The first-order chi connectivity index (χ1) is 8.67. The molecule has 18 heavy (non-hydrogen) atoms. The van der Waals surface area contributed by atoms with E-state index < -0.39 is 12.0 Å². The van der Waals surface area contributed by atoms with Crippen LogP contribution in [0, 0.1) is 0 Å². The van der Waals surface area contributed by atoms with Crippen molar-refractivity contribution in [2.75, 3.05) is 6.54 Å². The van der Waals surface area contributed by atoms with E-state index in [1.807, 2.05) is 12.3 Å². The Morgan fingerprint density at radius 1 is 1.28 bits per heavy atom. The van der Waals surface area contributed by atoms with Crippen LogP contribution in [0.4, 0.5) is 4.79 Å². The van der Waals surface area contributed by atoms with Gasteiger partial charge in [0.25, 0.3) is 5.91 Å². The zero-order valence-electron chi connectivity index (χ0n) is 10.2. The first-order valence-corrected chi connectivity index (χ1v) is 5.74. The molecule has 6 heteroatoms. The van der Waals surface area contributed by atoms with E-state index >= 15 is 0 Å². The van der Waals surface area contributed by atoms with Crippen molar-refractivity contribution < 1.29 is 14.3 Å². The summed E-state index contributed by atoms with van der Waals surface area (Å²) in [4.78, 5) is 22.5. The van der Waals surface area contributed by atoms with Gasteiger partial charge in [-0.2, -0.15) is 0 Å². The van der Waals surface area contributed by atoms with Gasteiger partial charge >= 0.3 is 6.09 Å². The number of nitrogen functional groups attached to an aromatic ring is 1. The SMILES string of the molecule is CCCCNC(=O)Oc1ccc(C(=O)NN)cc1. The van der Waals surface area contributed by atoms with Gasteiger partial charge in [-0.05, 0) is 30.7 Å². The van der Waals surface area contributed by atoms with Crippen LogP contribution >= 0.6 is 0 Å². The summed E-state index contributed by atoms with van der Waals surface area (Å²) in [5, 5.41) is 2.62. The highest BCUT2D eigenvalue weighted by Gasteiger charge is 2.06. The number of nitrogens with two attached hydrogens (primary N) is 1. The van der Waals surface area contributed by atoms with Gasteiger partial charge in [0.15, 0.2) is 0 Å². The highest BCUT2D eigenvalue weighted by atomic mass is 16.6. The Kier molecular flexibility index (Phi) is 5.66. The van der Waals surface area contributed by atoms with Crippen molar-refractivity contribution in [3.05, 3.63) is 29.8 Å². The monoisotopic (exact) mass is 251 g/mol. The zero-order chi connectivity index (χ0) is 13.4. The molecule has 0 aromatic heterocycles. The number of nitrogens with one attached hydrogen (secondary N) is 2. The molecule has 4 N–H and O–H groups in total. The van der Waals surface area contributed by atoms with Crippen LogP contribution in [-0.2, 0) is 0 Å². The second-order valence-electron chi connectivity index (χ2n) is 3.67. The molecule has 0 aliphatic heterocycles. The molecule has 0 atom stereocenters. The number of rotatable bonds is 5. The maximum absolute atomic E-state index is 11.3. The van der Waals surface area contributed by atoms with E-state index in [0.29, 0.717) is 17.9 Å². The number of unbranched alkanes of at least 4 members (excludes halogenated alkanes) is 1. The van der Waals surface area contributed by atoms with E-state index in [2.05, 4.69) is 5.32 Å². The fraction of sp³-hybridized carbons (Fsp3) is 0.333. The van der Waals surface area contributed by atoms with Gasteiger partial charge in [-0.1, -0.05) is 13.3 Å². The lowest BCUT2D eigenvalue weighted by molar-refractivity contribution is 0.0953. The second-order valence-corrected chi connectivity index (χ2v) is 3.67. The van der Waals surface area contributed by atoms with Gasteiger partial charge in [0.2, 0.25) is 0 Å². The molecule has 1 rings (SSSR count). The molecule has 0 saturated carbocycles. The molecule has 1 aromatic carbocycles. The van der Waals surface area contributed by atoms with E-state index in [-0.39, 0.29) is 0 Å². The van der Waals surface area contributed by atoms with Crippen LogP contribution < -0.4 is 21.3 Å². The molecular formula is C12H17N3O3. The molecule has 0 unspecified atom stereocenters. The number of hydrogen-bond acceptors (Lipinski definition) is 4. The average Bonchev–Trinajstić information content (AvgIpc) is 2.39. The van der Waals surface area contributed by atoms with E-state index in [1.165, 1.54) is 24.3 Å². The smallest absolute Gasteiger partial charge is 0.410 e. The van der Waals surface area contributed by atoms with Crippen molar-refractivity contribution in [1.29, 1.82) is 0 Å². The van der Waals surface area contributed by atoms with Crippen LogP contribution in [0.1, 0.15) is 30.1 Å². The maximum atomic E-state index is 11.3. The Morgan fingerprint density at radius 2 is 1.94 bits per heavy atom. The molecule has 6 nitrogen and oxygen atoms in total. The summed E-state index contributed by atoms with van der Waals surface area (Å²) < 4.78 is 5.02. The number of carbonyl (C=O) groups is 2. The number of ether oxygens (including phenoxy) is 1. The van der Waals surface area contributed by atoms with Crippen LogP contribution in [0.5, 0.6) is 5.75 Å². The first kappa shape index (κ1) is 14.0. The summed E-state index contributed by atoms with van der Waals surface area (Å²) in [6.07, 6.45) is 1.41. The third-order valence-corrected chi connectivity index (χ3v) is 2.26. The zero-order valence-corrected chi connectivity index (χ0v) is 10.2. The van der Waals surface area contributed by atoms with Crippen LogP contribution in [0.15, 0.2) is 24.3 Å². The minimum absolute atomic E-state index is 0.373. The summed E-state index contributed by atoms with van der Waals surface area (Å²) in [6.45, 7) is 2.62. The van der Waals surface area contributed by atoms with Crippen LogP contribution in [-0.4, -0.2) is 18.5 Å². The summed E-state index contributed by atoms with van der Waals surface area (Å²) in [5.74, 6) is 4.97. The van der Waals surface area contributed by atoms with Crippen molar-refractivity contribution in [2.45, 2.75) is 19.8 Å². The fourth-order valence-electron chi connectivity index (χ4n) is 1.27. The lowest BCUT2D eigenvalue weighted by Gasteiger charge is -2.06. The molecule has 0 saturated heterocycles. The van der Waals surface area contributed by atoms with Gasteiger partial charge in [0.05, 0.1) is 0 Å². The van der Waals surface area contributed by atoms with Gasteiger partial charge < -0.3 is 10.1 Å². The highest BCUT2D eigenvalue weighted by Crippen LogP contribution is 2.12. The topological polar surface area (TPSA) is 93.4 Å². The molecule has 0 aliphatic carbocycles. The standard InChI is InChI=1S/C12H17N3O3/c1-2-3-8-14-12(17)18-10-6-4-9(5-7-10)11(16)15-13/h4-7H,2-3,8,13H2,1H3,(H,14,17)(H,15,16). The molecular weight excluding hydrogens is 234 g/mol. The van der Waals surface area contributed by atoms with Crippen molar-refractivity contribution in [1.82, 2.24) is 10.7 Å². The summed E-state index contributed by atoms with van der Waals surface area (Å²) in [5.41, 5.74) is 2.42. The van der Waals surface area contributed by atoms with Crippen LogP contribution in [0.2, 0.25) is 0 Å². The van der Waals surface area contributed by atoms with Crippen molar-refractivity contribution in [3.8, 4) is 5.75 Å². The van der Waals surface area contributed by atoms with Gasteiger partial charge in [0.1, 0.15) is 5.75 Å². The molecule has 1 aromatic rings. The Morgan fingerprint density at radius 3 is 2.50 bits per heavy atom. The number of carbonyl (C=O) groups excluding carboxylic acids is 2. The Hall–Kier alpha value is -2.08. The average molecular weight is 251 g/mol. The van der Waals surface area contributed by atoms with E-state index in [9.17, 15) is 9.59 Å². The first-order valence-electron chi connectivity index (χ1n) is 5.74. The van der Waals surface area contributed by atoms with Gasteiger partial charge in [-0.15, -0.1) is 0 Å².